The molecule has 0 bridgehead atoms. The molecule has 72 valence electrons. The molecule has 0 aliphatic heterocycles. The van der Waals surface area contributed by atoms with Crippen LogP contribution in [0.4, 0.5) is 4.39 Å². The average Bonchev–Trinajstić information content (AvgIpc) is 2.20. The Kier molecular flexibility index (Phi) is 3.69. The first-order chi connectivity index (χ1) is 6.77. The van der Waals surface area contributed by atoms with Gasteiger partial charge >= 0.3 is 0 Å². The molecule has 1 aromatic rings. The Labute approximate surface area is 81.7 Å². The summed E-state index contributed by atoms with van der Waals surface area (Å²) in [6.07, 6.45) is 6.03. The van der Waals surface area contributed by atoms with Crippen LogP contribution in [0.5, 0.6) is 5.75 Å². The quantitative estimate of drug-likeness (QED) is 0.414. The molecule has 3 heteroatoms. The maximum absolute atomic E-state index is 12.7. The lowest BCUT2D eigenvalue weighted by Gasteiger charge is -2.05. The second-order valence-electron chi connectivity index (χ2n) is 2.60. The van der Waals surface area contributed by atoms with E-state index in [0.29, 0.717) is 25.1 Å². The van der Waals surface area contributed by atoms with Crippen LogP contribution >= 0.6 is 0 Å². The molecule has 0 aromatic heterocycles. The molecule has 14 heavy (non-hydrogen) atoms. The van der Waals surface area contributed by atoms with Gasteiger partial charge in [-0.25, -0.2) is 4.39 Å². The van der Waals surface area contributed by atoms with Crippen molar-refractivity contribution in [3.63, 3.8) is 0 Å². The number of hydrogen-bond donors (Lipinski definition) is 0. The Balaban J connectivity index is 2.76. The van der Waals surface area contributed by atoms with Crippen molar-refractivity contribution in [1.82, 2.24) is 0 Å². The number of benzene rings is 1. The summed E-state index contributed by atoms with van der Waals surface area (Å²) in [5, 5.41) is 0. The smallest absolute Gasteiger partial charge is 0.153 e. The van der Waals surface area contributed by atoms with Crippen molar-refractivity contribution in [2.24, 2.45) is 0 Å². The van der Waals surface area contributed by atoms with Gasteiger partial charge in [0.1, 0.15) is 11.6 Å². The molecule has 0 spiro atoms. The van der Waals surface area contributed by atoms with E-state index in [2.05, 4.69) is 5.92 Å². The van der Waals surface area contributed by atoms with Crippen LogP contribution in [0.1, 0.15) is 16.8 Å². The first-order valence-corrected chi connectivity index (χ1v) is 4.09. The number of carbonyl (C=O) groups excluding carboxylic acids is 1. The summed E-state index contributed by atoms with van der Waals surface area (Å²) >= 11 is 0. The zero-order valence-corrected chi connectivity index (χ0v) is 7.50. The lowest BCUT2D eigenvalue weighted by molar-refractivity contribution is 0.111. The monoisotopic (exact) mass is 192 g/mol. The van der Waals surface area contributed by atoms with Crippen molar-refractivity contribution < 1.29 is 13.9 Å². The first kappa shape index (κ1) is 10.3. The second-order valence-corrected chi connectivity index (χ2v) is 2.60. The molecular weight excluding hydrogens is 183 g/mol. The van der Waals surface area contributed by atoms with Crippen LogP contribution in [0, 0.1) is 18.2 Å². The van der Waals surface area contributed by atoms with Gasteiger partial charge in [-0.2, -0.15) is 0 Å². The van der Waals surface area contributed by atoms with Crippen LogP contribution in [0.2, 0.25) is 0 Å². The highest BCUT2D eigenvalue weighted by Crippen LogP contribution is 2.17. The van der Waals surface area contributed by atoms with E-state index in [1.54, 1.807) is 0 Å². The molecule has 0 saturated heterocycles. The van der Waals surface area contributed by atoms with E-state index in [-0.39, 0.29) is 5.56 Å². The van der Waals surface area contributed by atoms with Crippen molar-refractivity contribution in [3.05, 3.63) is 29.6 Å². The second kappa shape index (κ2) is 5.03. The third-order valence-corrected chi connectivity index (χ3v) is 1.60. The highest BCUT2D eigenvalue weighted by atomic mass is 19.1. The van der Waals surface area contributed by atoms with Gasteiger partial charge < -0.3 is 4.74 Å². The number of aldehydes is 1. The molecule has 2 nitrogen and oxygen atoms in total. The first-order valence-electron chi connectivity index (χ1n) is 4.09. The van der Waals surface area contributed by atoms with E-state index in [1.165, 1.54) is 12.1 Å². The predicted octanol–water partition coefficient (Wildman–Crippen LogP) is 2.04. The zero-order valence-electron chi connectivity index (χ0n) is 7.50. The number of rotatable bonds is 4. The summed E-state index contributed by atoms with van der Waals surface area (Å²) in [5.41, 5.74) is 0.196. The van der Waals surface area contributed by atoms with Gasteiger partial charge in [0.2, 0.25) is 0 Å². The van der Waals surface area contributed by atoms with Gasteiger partial charge in [-0.3, -0.25) is 4.79 Å². The van der Waals surface area contributed by atoms with Crippen molar-refractivity contribution >= 4 is 6.29 Å². The summed E-state index contributed by atoms with van der Waals surface area (Å²) in [4.78, 5) is 10.5. The molecular formula is C11H9FO2. The molecule has 1 rings (SSSR count). The van der Waals surface area contributed by atoms with E-state index in [0.717, 1.165) is 6.07 Å². The Hall–Kier alpha value is -1.82. The predicted molar refractivity (Wildman–Crippen MR) is 50.7 cm³/mol. The van der Waals surface area contributed by atoms with Gasteiger partial charge in [0.05, 0.1) is 12.2 Å². The van der Waals surface area contributed by atoms with E-state index in [9.17, 15) is 9.18 Å². The summed E-state index contributed by atoms with van der Waals surface area (Å²) < 4.78 is 17.9. The van der Waals surface area contributed by atoms with Crippen LogP contribution in [0.3, 0.4) is 0 Å². The Morgan fingerprint density at radius 3 is 3.00 bits per heavy atom. The normalized spacial score (nSPS) is 9.14. The maximum Gasteiger partial charge on any atom is 0.153 e. The third kappa shape index (κ3) is 2.60. The van der Waals surface area contributed by atoms with E-state index in [4.69, 9.17) is 11.2 Å². The number of hydrogen-bond acceptors (Lipinski definition) is 2. The average molecular weight is 192 g/mol. The van der Waals surface area contributed by atoms with E-state index >= 15 is 0 Å². The number of terminal acetylenes is 1. The van der Waals surface area contributed by atoms with Gasteiger partial charge in [-0.1, -0.05) is 0 Å². The maximum atomic E-state index is 12.7. The third-order valence-electron chi connectivity index (χ3n) is 1.60. The van der Waals surface area contributed by atoms with Crippen molar-refractivity contribution in [1.29, 1.82) is 0 Å². The highest BCUT2D eigenvalue weighted by Gasteiger charge is 2.03. The molecule has 0 amide bonds. The van der Waals surface area contributed by atoms with Crippen molar-refractivity contribution in [3.8, 4) is 18.1 Å². The van der Waals surface area contributed by atoms with Crippen LogP contribution in [-0.2, 0) is 0 Å². The van der Waals surface area contributed by atoms with Crippen molar-refractivity contribution in [2.45, 2.75) is 6.42 Å². The minimum absolute atomic E-state index is 0.196. The SMILES string of the molecule is C#CCCOc1ccc(F)cc1C=O. The van der Waals surface area contributed by atoms with Gasteiger partial charge in [0.15, 0.2) is 6.29 Å². The lowest BCUT2D eigenvalue weighted by atomic mass is 10.2. The van der Waals surface area contributed by atoms with Crippen molar-refractivity contribution in [2.75, 3.05) is 6.61 Å². The van der Waals surface area contributed by atoms with E-state index in [1.807, 2.05) is 0 Å². The molecule has 0 heterocycles. The molecule has 0 aliphatic carbocycles. The summed E-state index contributed by atoms with van der Waals surface area (Å²) in [6.45, 7) is 0.322. The molecule has 0 unspecified atom stereocenters. The van der Waals surface area contributed by atoms with Crippen LogP contribution in [0.15, 0.2) is 18.2 Å². The molecule has 0 atom stereocenters. The Bertz CT molecular complexity index is 366. The largest absolute Gasteiger partial charge is 0.492 e. The van der Waals surface area contributed by atoms with E-state index < -0.39 is 5.82 Å². The lowest BCUT2D eigenvalue weighted by Crippen LogP contribution is -1.99. The summed E-state index contributed by atoms with van der Waals surface area (Å²) in [5.74, 6) is 2.30. The Morgan fingerprint density at radius 1 is 1.57 bits per heavy atom. The fourth-order valence-electron chi connectivity index (χ4n) is 0.963. The molecule has 0 radical (unpaired) electrons. The zero-order chi connectivity index (χ0) is 10.4. The number of halogens is 1. The topological polar surface area (TPSA) is 26.3 Å². The Morgan fingerprint density at radius 2 is 2.36 bits per heavy atom. The minimum Gasteiger partial charge on any atom is -0.492 e. The summed E-state index contributed by atoms with van der Waals surface area (Å²) in [7, 11) is 0. The van der Waals surface area contributed by atoms with Crippen LogP contribution in [-0.4, -0.2) is 12.9 Å². The molecule has 0 saturated carbocycles. The van der Waals surface area contributed by atoms with Crippen LogP contribution in [0.25, 0.3) is 0 Å². The molecule has 0 aliphatic rings. The number of carbonyl (C=O) groups is 1. The summed E-state index contributed by atoms with van der Waals surface area (Å²) in [6, 6.07) is 3.77. The van der Waals surface area contributed by atoms with Gasteiger partial charge in [0.25, 0.3) is 0 Å². The van der Waals surface area contributed by atoms with Crippen LogP contribution < -0.4 is 4.74 Å². The highest BCUT2D eigenvalue weighted by molar-refractivity contribution is 5.79. The minimum atomic E-state index is -0.462. The fraction of sp³-hybridized carbons (Fsp3) is 0.182. The molecule has 0 fully saturated rings. The fourth-order valence-corrected chi connectivity index (χ4v) is 0.963. The molecule has 0 N–H and O–H groups in total. The van der Waals surface area contributed by atoms with Gasteiger partial charge in [-0.15, -0.1) is 12.3 Å². The molecule has 1 aromatic carbocycles. The van der Waals surface area contributed by atoms with Gasteiger partial charge in [-0.05, 0) is 18.2 Å². The standard InChI is InChI=1S/C11H9FO2/c1-2-3-6-14-11-5-4-10(12)7-9(11)8-13/h1,4-5,7-8H,3,6H2. The number of ether oxygens (including phenoxy) is 1. The van der Waals surface area contributed by atoms with Gasteiger partial charge in [0, 0.05) is 6.42 Å².